The molecule has 1 atom stereocenters. The first kappa shape index (κ1) is 16.1. The van der Waals surface area contributed by atoms with E-state index in [1.165, 1.54) is 0 Å². The number of aromatic nitrogens is 3. The third kappa shape index (κ3) is 3.44. The number of nitrogens with zero attached hydrogens (tertiary/aromatic N) is 4. The molecule has 0 unspecified atom stereocenters. The van der Waals surface area contributed by atoms with Gasteiger partial charge in [0.1, 0.15) is 6.04 Å². The Labute approximate surface area is 141 Å². The van der Waals surface area contributed by atoms with Gasteiger partial charge >= 0.3 is 0 Å². The number of imidazole rings is 1. The lowest BCUT2D eigenvalue weighted by molar-refractivity contribution is -0.126. The van der Waals surface area contributed by atoms with Crippen LogP contribution in [0.25, 0.3) is 5.78 Å². The van der Waals surface area contributed by atoms with Crippen molar-refractivity contribution in [3.05, 3.63) is 65.7 Å². The number of rotatable bonds is 5. The van der Waals surface area contributed by atoms with Crippen LogP contribution in [0.5, 0.6) is 0 Å². The summed E-state index contributed by atoms with van der Waals surface area (Å²) in [5, 5.41) is 2.98. The Morgan fingerprint density at radius 1 is 1.33 bits per heavy atom. The molecular formula is C18H21N5O. The first-order chi connectivity index (χ1) is 11.5. The SMILES string of the molecule is Cc1cccc([C@@H](C(=O)NCc2cn3cccnc3n2)N(C)C)c1. The number of hydrogen-bond acceptors (Lipinski definition) is 4. The van der Waals surface area contributed by atoms with Crippen LogP contribution in [0.2, 0.25) is 0 Å². The molecular weight excluding hydrogens is 302 g/mol. The van der Waals surface area contributed by atoms with E-state index >= 15 is 0 Å². The maximum Gasteiger partial charge on any atom is 0.242 e. The number of hydrogen-bond donors (Lipinski definition) is 1. The number of nitrogens with one attached hydrogen (secondary N) is 1. The van der Waals surface area contributed by atoms with Crippen molar-refractivity contribution >= 4 is 11.7 Å². The Bertz CT molecular complexity index is 822. The van der Waals surface area contributed by atoms with Crippen molar-refractivity contribution in [1.82, 2.24) is 24.6 Å². The third-order valence-corrected chi connectivity index (χ3v) is 3.85. The van der Waals surface area contributed by atoms with E-state index < -0.39 is 0 Å². The van der Waals surface area contributed by atoms with E-state index in [1.807, 2.05) is 73.0 Å². The average molecular weight is 323 g/mol. The Hall–Kier alpha value is -2.73. The zero-order valence-corrected chi connectivity index (χ0v) is 14.1. The van der Waals surface area contributed by atoms with E-state index in [4.69, 9.17) is 0 Å². The number of benzene rings is 1. The van der Waals surface area contributed by atoms with Gasteiger partial charge < -0.3 is 5.32 Å². The standard InChI is InChI=1S/C18H21N5O/c1-13-6-4-7-14(10-13)16(22(2)3)17(24)20-11-15-12-23-9-5-8-19-18(23)21-15/h4-10,12,16H,11H2,1-3H3,(H,20,24)/t16-/m0/s1. The molecule has 0 radical (unpaired) electrons. The van der Waals surface area contributed by atoms with Gasteiger partial charge in [-0.2, -0.15) is 0 Å². The van der Waals surface area contributed by atoms with Gasteiger partial charge in [-0.25, -0.2) is 9.97 Å². The van der Waals surface area contributed by atoms with Gasteiger partial charge in [0.15, 0.2) is 0 Å². The highest BCUT2D eigenvalue weighted by molar-refractivity contribution is 5.83. The van der Waals surface area contributed by atoms with E-state index in [0.717, 1.165) is 16.8 Å². The van der Waals surface area contributed by atoms with Gasteiger partial charge in [0, 0.05) is 18.6 Å². The second-order valence-corrected chi connectivity index (χ2v) is 6.06. The molecule has 0 saturated carbocycles. The molecule has 0 saturated heterocycles. The average Bonchev–Trinajstić information content (AvgIpc) is 2.96. The summed E-state index contributed by atoms with van der Waals surface area (Å²) >= 11 is 0. The van der Waals surface area contributed by atoms with E-state index in [2.05, 4.69) is 15.3 Å². The zero-order valence-electron chi connectivity index (χ0n) is 14.1. The fourth-order valence-corrected chi connectivity index (χ4v) is 2.76. The smallest absolute Gasteiger partial charge is 0.242 e. The normalized spacial score (nSPS) is 12.5. The van der Waals surface area contributed by atoms with Crippen LogP contribution in [0.3, 0.4) is 0 Å². The Morgan fingerprint density at radius 2 is 2.17 bits per heavy atom. The highest BCUT2D eigenvalue weighted by Crippen LogP contribution is 2.19. The molecule has 0 aliphatic heterocycles. The highest BCUT2D eigenvalue weighted by atomic mass is 16.2. The van der Waals surface area contributed by atoms with Crippen LogP contribution in [0.4, 0.5) is 0 Å². The van der Waals surface area contributed by atoms with Gasteiger partial charge in [-0.1, -0.05) is 29.8 Å². The summed E-state index contributed by atoms with van der Waals surface area (Å²) in [5.41, 5.74) is 2.90. The molecule has 0 fully saturated rings. The molecule has 6 heteroatoms. The van der Waals surface area contributed by atoms with Crippen LogP contribution in [-0.4, -0.2) is 39.3 Å². The fraction of sp³-hybridized carbons (Fsp3) is 0.278. The predicted molar refractivity (Wildman–Crippen MR) is 92.4 cm³/mol. The number of amides is 1. The summed E-state index contributed by atoms with van der Waals surface area (Å²) < 4.78 is 1.84. The molecule has 2 aromatic heterocycles. The molecule has 3 rings (SSSR count). The topological polar surface area (TPSA) is 62.5 Å². The lowest BCUT2D eigenvalue weighted by atomic mass is 10.0. The van der Waals surface area contributed by atoms with Gasteiger partial charge in [-0.15, -0.1) is 0 Å². The summed E-state index contributed by atoms with van der Waals surface area (Å²) in [5.74, 6) is 0.584. The van der Waals surface area contributed by atoms with Crippen LogP contribution in [0.1, 0.15) is 22.9 Å². The fourth-order valence-electron chi connectivity index (χ4n) is 2.76. The molecule has 6 nitrogen and oxygen atoms in total. The maximum absolute atomic E-state index is 12.7. The van der Waals surface area contributed by atoms with Crippen molar-refractivity contribution in [1.29, 1.82) is 0 Å². The number of fused-ring (bicyclic) bond motifs is 1. The van der Waals surface area contributed by atoms with Crippen molar-refractivity contribution < 1.29 is 4.79 Å². The quantitative estimate of drug-likeness (QED) is 0.780. The Morgan fingerprint density at radius 3 is 2.88 bits per heavy atom. The minimum absolute atomic E-state index is 0.0457. The predicted octanol–water partition coefficient (Wildman–Crippen LogP) is 1.96. The first-order valence-electron chi connectivity index (χ1n) is 7.84. The number of aryl methyl sites for hydroxylation is 1. The number of carbonyl (C=O) groups excluding carboxylic acids is 1. The van der Waals surface area contributed by atoms with Gasteiger partial charge in [0.05, 0.1) is 12.2 Å². The van der Waals surface area contributed by atoms with E-state index in [0.29, 0.717) is 12.3 Å². The van der Waals surface area contributed by atoms with E-state index in [1.54, 1.807) is 6.20 Å². The van der Waals surface area contributed by atoms with Gasteiger partial charge in [-0.3, -0.25) is 14.1 Å². The van der Waals surface area contributed by atoms with Crippen LogP contribution in [0, 0.1) is 6.92 Å². The van der Waals surface area contributed by atoms with Crippen LogP contribution in [0.15, 0.2) is 48.9 Å². The van der Waals surface area contributed by atoms with Crippen molar-refractivity contribution in [2.45, 2.75) is 19.5 Å². The van der Waals surface area contributed by atoms with E-state index in [-0.39, 0.29) is 11.9 Å². The van der Waals surface area contributed by atoms with E-state index in [9.17, 15) is 4.79 Å². The number of carbonyl (C=O) groups is 1. The van der Waals surface area contributed by atoms with Gasteiger partial charge in [0.2, 0.25) is 11.7 Å². The molecule has 3 aromatic rings. The first-order valence-corrected chi connectivity index (χ1v) is 7.84. The number of likely N-dealkylation sites (N-methyl/N-ethyl adjacent to an activating group) is 1. The molecule has 0 spiro atoms. The van der Waals surface area contributed by atoms with Gasteiger partial charge in [-0.05, 0) is 32.6 Å². The summed E-state index contributed by atoms with van der Waals surface area (Å²) in [6.45, 7) is 2.40. The highest BCUT2D eigenvalue weighted by Gasteiger charge is 2.22. The van der Waals surface area contributed by atoms with Gasteiger partial charge in [0.25, 0.3) is 0 Å². The summed E-state index contributed by atoms with van der Waals surface area (Å²) in [7, 11) is 3.81. The minimum Gasteiger partial charge on any atom is -0.349 e. The molecule has 124 valence electrons. The molecule has 0 bridgehead atoms. The Balaban J connectivity index is 1.74. The minimum atomic E-state index is -0.333. The molecule has 24 heavy (non-hydrogen) atoms. The molecule has 1 amide bonds. The Kier molecular flexibility index (Phi) is 4.57. The van der Waals surface area contributed by atoms with Crippen LogP contribution in [-0.2, 0) is 11.3 Å². The van der Waals surface area contributed by atoms with Crippen LogP contribution < -0.4 is 5.32 Å². The van der Waals surface area contributed by atoms with Crippen LogP contribution >= 0.6 is 0 Å². The molecule has 1 aromatic carbocycles. The summed E-state index contributed by atoms with van der Waals surface area (Å²) in [6, 6.07) is 9.53. The van der Waals surface area contributed by atoms with Crippen molar-refractivity contribution in [2.24, 2.45) is 0 Å². The monoisotopic (exact) mass is 323 g/mol. The molecule has 1 N–H and O–H groups in total. The molecule has 0 aliphatic carbocycles. The second-order valence-electron chi connectivity index (χ2n) is 6.06. The maximum atomic E-state index is 12.7. The second kappa shape index (κ2) is 6.80. The third-order valence-electron chi connectivity index (χ3n) is 3.85. The van der Waals surface area contributed by atoms with Crippen molar-refractivity contribution in [3.8, 4) is 0 Å². The summed E-state index contributed by atoms with van der Waals surface area (Å²) in [6.07, 6.45) is 5.46. The zero-order chi connectivity index (χ0) is 17.1. The van der Waals surface area contributed by atoms with Crippen molar-refractivity contribution in [2.75, 3.05) is 14.1 Å². The lowest BCUT2D eigenvalue weighted by Crippen LogP contribution is -2.36. The lowest BCUT2D eigenvalue weighted by Gasteiger charge is -2.24. The molecule has 0 aliphatic rings. The largest absolute Gasteiger partial charge is 0.349 e. The summed E-state index contributed by atoms with van der Waals surface area (Å²) in [4.78, 5) is 23.2. The van der Waals surface area contributed by atoms with Crippen molar-refractivity contribution in [3.63, 3.8) is 0 Å². The molecule has 2 heterocycles.